The number of unbranched alkanes of at least 4 members (excludes halogenated alkanes) is 1. The molecule has 0 spiro atoms. The molecule has 2 aromatic heterocycles. The molecule has 0 aliphatic heterocycles. The van der Waals surface area contributed by atoms with Crippen molar-refractivity contribution in [3.05, 3.63) is 29.5 Å². The number of aromatic nitrogens is 2. The molecule has 0 aliphatic carbocycles. The lowest BCUT2D eigenvalue weighted by Gasteiger charge is -2.16. The van der Waals surface area contributed by atoms with Gasteiger partial charge in [0, 0.05) is 18.8 Å². The molecule has 0 aliphatic rings. The van der Waals surface area contributed by atoms with Gasteiger partial charge in [-0.25, -0.2) is 4.98 Å². The molecule has 0 saturated heterocycles. The highest BCUT2D eigenvalue weighted by Gasteiger charge is 2.05. The Bertz CT molecular complexity index is 573. The average molecular weight is 307 g/mol. The SMILES string of the molecule is CCCCN(C)CCCNc1cc(Cl)nc2cccnc12. The van der Waals surface area contributed by atoms with Crippen LogP contribution in [-0.2, 0) is 0 Å². The van der Waals surface area contributed by atoms with Crippen LogP contribution < -0.4 is 5.32 Å². The smallest absolute Gasteiger partial charge is 0.131 e. The molecule has 0 atom stereocenters. The van der Waals surface area contributed by atoms with Gasteiger partial charge in [0.1, 0.15) is 10.7 Å². The largest absolute Gasteiger partial charge is 0.383 e. The van der Waals surface area contributed by atoms with Gasteiger partial charge in [-0.1, -0.05) is 24.9 Å². The predicted octanol–water partition coefficient (Wildman–Crippen LogP) is 3.82. The molecule has 2 heterocycles. The van der Waals surface area contributed by atoms with Crippen molar-refractivity contribution in [3.63, 3.8) is 0 Å². The molecule has 0 unspecified atom stereocenters. The summed E-state index contributed by atoms with van der Waals surface area (Å²) in [7, 11) is 2.18. The van der Waals surface area contributed by atoms with Gasteiger partial charge in [0.15, 0.2) is 0 Å². The van der Waals surface area contributed by atoms with E-state index < -0.39 is 0 Å². The summed E-state index contributed by atoms with van der Waals surface area (Å²) in [6.45, 7) is 5.39. The predicted molar refractivity (Wildman–Crippen MR) is 90.1 cm³/mol. The van der Waals surface area contributed by atoms with Crippen LogP contribution in [0.3, 0.4) is 0 Å². The van der Waals surface area contributed by atoms with Crippen LogP contribution in [0.25, 0.3) is 11.0 Å². The second-order valence-corrected chi connectivity index (χ2v) is 5.69. The highest BCUT2D eigenvalue weighted by atomic mass is 35.5. The van der Waals surface area contributed by atoms with Gasteiger partial charge < -0.3 is 10.2 Å². The molecular weight excluding hydrogens is 284 g/mol. The summed E-state index contributed by atoms with van der Waals surface area (Å²) in [5, 5.41) is 3.92. The maximum Gasteiger partial charge on any atom is 0.131 e. The van der Waals surface area contributed by atoms with Crippen molar-refractivity contribution in [2.45, 2.75) is 26.2 Å². The molecule has 0 amide bonds. The fourth-order valence-electron chi connectivity index (χ4n) is 2.28. The summed E-state index contributed by atoms with van der Waals surface area (Å²) in [5.74, 6) is 0. The van der Waals surface area contributed by atoms with Crippen LogP contribution in [0.1, 0.15) is 26.2 Å². The zero-order chi connectivity index (χ0) is 15.1. The van der Waals surface area contributed by atoms with Gasteiger partial charge in [-0.15, -0.1) is 0 Å². The molecule has 0 bridgehead atoms. The number of halogens is 1. The molecular formula is C16H23ClN4. The van der Waals surface area contributed by atoms with Crippen LogP contribution >= 0.6 is 11.6 Å². The lowest BCUT2D eigenvalue weighted by atomic mass is 10.2. The number of hydrogen-bond acceptors (Lipinski definition) is 4. The first kappa shape index (κ1) is 16.0. The third-order valence-electron chi connectivity index (χ3n) is 3.46. The van der Waals surface area contributed by atoms with Crippen molar-refractivity contribution >= 4 is 28.3 Å². The molecule has 5 heteroatoms. The maximum absolute atomic E-state index is 6.06. The third kappa shape index (κ3) is 4.83. The van der Waals surface area contributed by atoms with E-state index in [2.05, 4.69) is 34.2 Å². The fourth-order valence-corrected chi connectivity index (χ4v) is 2.48. The Morgan fingerprint density at radius 1 is 1.29 bits per heavy atom. The minimum absolute atomic E-state index is 0.498. The highest BCUT2D eigenvalue weighted by molar-refractivity contribution is 6.30. The van der Waals surface area contributed by atoms with E-state index >= 15 is 0 Å². The second-order valence-electron chi connectivity index (χ2n) is 5.30. The molecule has 0 fully saturated rings. The first-order chi connectivity index (χ1) is 10.2. The lowest BCUT2D eigenvalue weighted by Crippen LogP contribution is -2.22. The summed E-state index contributed by atoms with van der Waals surface area (Å²) < 4.78 is 0. The second kappa shape index (κ2) is 8.15. The Morgan fingerprint density at radius 2 is 2.10 bits per heavy atom. The molecule has 2 aromatic rings. The van der Waals surface area contributed by atoms with Gasteiger partial charge in [-0.2, -0.15) is 0 Å². The van der Waals surface area contributed by atoms with Crippen molar-refractivity contribution < 1.29 is 0 Å². The molecule has 0 saturated carbocycles. The van der Waals surface area contributed by atoms with E-state index in [1.165, 1.54) is 19.4 Å². The molecule has 21 heavy (non-hydrogen) atoms. The maximum atomic E-state index is 6.06. The normalized spacial score (nSPS) is 11.2. The summed E-state index contributed by atoms with van der Waals surface area (Å²) in [6.07, 6.45) is 5.38. The molecule has 4 nitrogen and oxygen atoms in total. The van der Waals surface area contributed by atoms with Crippen LogP contribution in [0.2, 0.25) is 5.15 Å². The Balaban J connectivity index is 1.89. The highest BCUT2D eigenvalue weighted by Crippen LogP contribution is 2.23. The third-order valence-corrected chi connectivity index (χ3v) is 3.65. The zero-order valence-electron chi connectivity index (χ0n) is 12.8. The summed E-state index contributed by atoms with van der Waals surface area (Å²) >= 11 is 6.06. The van der Waals surface area contributed by atoms with Crippen molar-refractivity contribution in [2.24, 2.45) is 0 Å². The van der Waals surface area contributed by atoms with E-state index in [-0.39, 0.29) is 0 Å². The number of fused-ring (bicyclic) bond motifs is 1. The Kier molecular flexibility index (Phi) is 6.21. The van der Waals surface area contributed by atoms with Crippen LogP contribution in [0.4, 0.5) is 5.69 Å². The van der Waals surface area contributed by atoms with Gasteiger partial charge >= 0.3 is 0 Å². The molecule has 114 valence electrons. The number of nitrogens with one attached hydrogen (secondary N) is 1. The Morgan fingerprint density at radius 3 is 2.90 bits per heavy atom. The van der Waals surface area contributed by atoms with Gasteiger partial charge in [0.05, 0.1) is 11.2 Å². The van der Waals surface area contributed by atoms with Gasteiger partial charge in [0.2, 0.25) is 0 Å². The number of hydrogen-bond donors (Lipinski definition) is 1. The standard InChI is InChI=1S/C16H23ClN4/c1-3-4-10-21(2)11-6-9-18-14-12-15(17)20-13-7-5-8-19-16(13)14/h5,7-8,12H,3-4,6,9-11H2,1-2H3,(H,18,20). The van der Waals surface area contributed by atoms with E-state index in [0.29, 0.717) is 5.15 Å². The minimum atomic E-state index is 0.498. The number of nitrogens with zero attached hydrogens (tertiary/aromatic N) is 3. The van der Waals surface area contributed by atoms with Gasteiger partial charge in [-0.05, 0) is 45.1 Å². The average Bonchev–Trinajstić information content (AvgIpc) is 2.49. The minimum Gasteiger partial charge on any atom is -0.383 e. The van der Waals surface area contributed by atoms with Gasteiger partial charge in [0.25, 0.3) is 0 Å². The first-order valence-electron chi connectivity index (χ1n) is 7.54. The quantitative estimate of drug-likeness (QED) is 0.594. The number of rotatable bonds is 8. The van der Waals surface area contributed by atoms with Crippen LogP contribution in [-0.4, -0.2) is 41.5 Å². The monoisotopic (exact) mass is 306 g/mol. The topological polar surface area (TPSA) is 41.0 Å². The van der Waals surface area contributed by atoms with E-state index in [1.807, 2.05) is 18.2 Å². The summed E-state index contributed by atoms with van der Waals surface area (Å²) in [5.41, 5.74) is 2.66. The number of pyridine rings is 2. The van der Waals surface area contributed by atoms with E-state index in [9.17, 15) is 0 Å². The lowest BCUT2D eigenvalue weighted by molar-refractivity contribution is 0.327. The van der Waals surface area contributed by atoms with Crippen molar-refractivity contribution in [1.82, 2.24) is 14.9 Å². The first-order valence-corrected chi connectivity index (χ1v) is 7.92. The molecule has 0 aromatic carbocycles. The summed E-state index contributed by atoms with van der Waals surface area (Å²) in [4.78, 5) is 11.0. The summed E-state index contributed by atoms with van der Waals surface area (Å²) in [6, 6.07) is 5.65. The fraction of sp³-hybridized carbons (Fsp3) is 0.500. The van der Waals surface area contributed by atoms with Crippen LogP contribution in [0.15, 0.2) is 24.4 Å². The molecule has 2 rings (SSSR count). The van der Waals surface area contributed by atoms with Crippen molar-refractivity contribution in [2.75, 3.05) is 32.0 Å². The molecule has 0 radical (unpaired) electrons. The zero-order valence-corrected chi connectivity index (χ0v) is 13.5. The Hall–Kier alpha value is -1.39. The van der Waals surface area contributed by atoms with Crippen molar-refractivity contribution in [3.8, 4) is 0 Å². The van der Waals surface area contributed by atoms with Crippen molar-refractivity contribution in [1.29, 1.82) is 0 Å². The van der Waals surface area contributed by atoms with Crippen LogP contribution in [0.5, 0.6) is 0 Å². The number of anilines is 1. The van der Waals surface area contributed by atoms with E-state index in [1.54, 1.807) is 6.20 Å². The van der Waals surface area contributed by atoms with E-state index in [4.69, 9.17) is 11.6 Å². The van der Waals surface area contributed by atoms with Crippen LogP contribution in [0, 0.1) is 0 Å². The van der Waals surface area contributed by atoms with Gasteiger partial charge in [-0.3, -0.25) is 4.98 Å². The van der Waals surface area contributed by atoms with E-state index in [0.717, 1.165) is 36.2 Å². The molecule has 1 N–H and O–H groups in total. The Labute approximate surface area is 131 Å².